The van der Waals surface area contributed by atoms with E-state index in [1.54, 1.807) is 27.7 Å². The predicted octanol–water partition coefficient (Wildman–Crippen LogP) is -0.297. The van der Waals surface area contributed by atoms with Gasteiger partial charge in [0.15, 0.2) is 0 Å². The molecule has 0 saturated carbocycles. The van der Waals surface area contributed by atoms with E-state index in [1.165, 1.54) is 0 Å². The van der Waals surface area contributed by atoms with Crippen molar-refractivity contribution in [2.75, 3.05) is 19.7 Å². The van der Waals surface area contributed by atoms with Gasteiger partial charge in [0, 0.05) is 0 Å². The molecule has 0 aliphatic carbocycles. The Kier molecular flexibility index (Phi) is 10.5. The van der Waals surface area contributed by atoms with Crippen LogP contribution in [0, 0.1) is 0 Å². The molecule has 0 rings (SSSR count). The molecule has 124 valence electrons. The monoisotopic (exact) mass is 326 g/mol. The molecule has 0 unspecified atom stereocenters. The zero-order valence-corrected chi connectivity index (χ0v) is 13.4. The largest absolute Gasteiger partial charge is 0.454 e. The minimum absolute atomic E-state index is 0. The molecular formula is C11H23ClN4O5. The van der Waals surface area contributed by atoms with Gasteiger partial charge in [0.1, 0.15) is 5.60 Å². The molecule has 0 fully saturated rings. The second-order valence-corrected chi connectivity index (χ2v) is 4.71. The Morgan fingerprint density at radius 3 is 2.19 bits per heavy atom. The standard InChI is InChI=1S/C11H22N4O5.ClH/c1-5-19-15(10(18)20-11(2,3)4)14-9(17)7-13-8(16)6-12;/h5-7,12H2,1-4H3,(H,13,16)(H,14,17);1H. The summed E-state index contributed by atoms with van der Waals surface area (Å²) in [5.41, 5.74) is 6.50. The Bertz CT molecular complexity index is 359. The summed E-state index contributed by atoms with van der Waals surface area (Å²) in [5.74, 6) is -1.13. The number of carbonyl (C=O) groups excluding carboxylic acids is 3. The smallest absolute Gasteiger partial charge is 0.441 e. The highest BCUT2D eigenvalue weighted by Gasteiger charge is 2.24. The summed E-state index contributed by atoms with van der Waals surface area (Å²) in [6.45, 7) is 6.26. The van der Waals surface area contributed by atoms with Crippen molar-refractivity contribution in [1.82, 2.24) is 15.9 Å². The second kappa shape index (κ2) is 10.2. The number of rotatable bonds is 5. The molecule has 4 N–H and O–H groups in total. The quantitative estimate of drug-likeness (QED) is 0.596. The molecule has 0 spiro atoms. The normalized spacial score (nSPS) is 10.1. The summed E-state index contributed by atoms with van der Waals surface area (Å²) in [6.07, 6.45) is -0.863. The first kappa shape index (κ1) is 21.7. The Hall–Kier alpha value is -1.58. The van der Waals surface area contributed by atoms with Crippen molar-refractivity contribution in [2.24, 2.45) is 5.73 Å². The maximum absolute atomic E-state index is 11.7. The summed E-state index contributed by atoms with van der Waals surface area (Å²) in [7, 11) is 0. The fraction of sp³-hybridized carbons (Fsp3) is 0.727. The molecule has 0 aliphatic rings. The van der Waals surface area contributed by atoms with Crippen molar-refractivity contribution in [3.63, 3.8) is 0 Å². The fourth-order valence-electron chi connectivity index (χ4n) is 0.967. The molecule has 0 aliphatic heterocycles. The van der Waals surface area contributed by atoms with Crippen molar-refractivity contribution in [3.8, 4) is 0 Å². The molecule has 21 heavy (non-hydrogen) atoms. The molecule has 0 saturated heterocycles. The summed E-state index contributed by atoms with van der Waals surface area (Å²) in [4.78, 5) is 39.1. The minimum atomic E-state index is -0.863. The number of nitrogens with one attached hydrogen (secondary N) is 2. The van der Waals surface area contributed by atoms with Gasteiger partial charge in [-0.25, -0.2) is 15.1 Å². The number of hydrogen-bond acceptors (Lipinski definition) is 6. The lowest BCUT2D eigenvalue weighted by molar-refractivity contribution is -0.182. The van der Waals surface area contributed by atoms with E-state index in [9.17, 15) is 14.4 Å². The minimum Gasteiger partial charge on any atom is -0.441 e. The molecule has 3 amide bonds. The third-order valence-electron chi connectivity index (χ3n) is 1.68. The molecule has 0 aromatic heterocycles. The lowest BCUT2D eigenvalue weighted by Crippen LogP contribution is -2.51. The van der Waals surface area contributed by atoms with Gasteiger partial charge in [-0.3, -0.25) is 9.59 Å². The maximum Gasteiger partial charge on any atom is 0.454 e. The van der Waals surface area contributed by atoms with Crippen LogP contribution in [0.3, 0.4) is 0 Å². The molecule has 10 heteroatoms. The Labute approximate surface area is 129 Å². The van der Waals surface area contributed by atoms with Gasteiger partial charge in [-0.15, -0.1) is 12.4 Å². The zero-order valence-electron chi connectivity index (χ0n) is 12.6. The average Bonchev–Trinajstić information content (AvgIpc) is 2.33. The Morgan fingerprint density at radius 2 is 1.76 bits per heavy atom. The number of amides is 3. The SMILES string of the molecule is CCON(NC(=O)CNC(=O)CN)C(=O)OC(C)(C)C.Cl. The molecule has 0 aromatic carbocycles. The Balaban J connectivity index is 0. The van der Waals surface area contributed by atoms with Crippen molar-refractivity contribution in [1.29, 1.82) is 0 Å². The third kappa shape index (κ3) is 10.8. The first-order valence-corrected chi connectivity index (χ1v) is 6.12. The van der Waals surface area contributed by atoms with Gasteiger partial charge in [0.25, 0.3) is 5.91 Å². The highest BCUT2D eigenvalue weighted by atomic mass is 35.5. The van der Waals surface area contributed by atoms with Crippen LogP contribution in [0.5, 0.6) is 0 Å². The third-order valence-corrected chi connectivity index (χ3v) is 1.68. The molecule has 0 bridgehead atoms. The number of nitrogens with two attached hydrogens (primary N) is 1. The number of hydroxylamine groups is 1. The van der Waals surface area contributed by atoms with Gasteiger partial charge in [-0.1, -0.05) is 5.17 Å². The number of hydrazine groups is 1. The maximum atomic E-state index is 11.7. The van der Waals surface area contributed by atoms with E-state index in [0.717, 1.165) is 0 Å². The van der Waals surface area contributed by atoms with E-state index in [1.807, 2.05) is 0 Å². The highest BCUT2D eigenvalue weighted by molar-refractivity contribution is 5.86. The van der Waals surface area contributed by atoms with Crippen LogP contribution in [0.25, 0.3) is 0 Å². The van der Waals surface area contributed by atoms with Crippen molar-refractivity contribution in [2.45, 2.75) is 33.3 Å². The summed E-state index contributed by atoms with van der Waals surface area (Å²) in [6, 6.07) is 0. The van der Waals surface area contributed by atoms with Gasteiger partial charge in [-0.05, 0) is 27.7 Å². The lowest BCUT2D eigenvalue weighted by Gasteiger charge is -2.26. The average molecular weight is 327 g/mol. The lowest BCUT2D eigenvalue weighted by atomic mass is 10.2. The van der Waals surface area contributed by atoms with Crippen LogP contribution in [0.1, 0.15) is 27.7 Å². The van der Waals surface area contributed by atoms with E-state index in [2.05, 4.69) is 10.7 Å². The molecule has 0 radical (unpaired) electrons. The van der Waals surface area contributed by atoms with Crippen molar-refractivity contribution in [3.05, 3.63) is 0 Å². The van der Waals surface area contributed by atoms with Crippen LogP contribution < -0.4 is 16.5 Å². The second-order valence-electron chi connectivity index (χ2n) is 4.71. The molecule has 9 nitrogen and oxygen atoms in total. The summed E-state index contributed by atoms with van der Waals surface area (Å²) in [5, 5.41) is 2.84. The molecule has 0 heterocycles. The molecular weight excluding hydrogens is 304 g/mol. The number of nitrogens with zero attached hydrogens (tertiary/aromatic N) is 1. The predicted molar refractivity (Wildman–Crippen MR) is 77.2 cm³/mol. The zero-order chi connectivity index (χ0) is 15.8. The van der Waals surface area contributed by atoms with Crippen molar-refractivity contribution < 1.29 is 24.0 Å². The van der Waals surface area contributed by atoms with Crippen LogP contribution in [0.4, 0.5) is 4.79 Å². The first-order valence-electron chi connectivity index (χ1n) is 6.12. The van der Waals surface area contributed by atoms with Gasteiger partial charge in [-0.2, -0.15) is 0 Å². The van der Waals surface area contributed by atoms with Gasteiger partial charge in [0.2, 0.25) is 5.91 Å². The Morgan fingerprint density at radius 1 is 1.19 bits per heavy atom. The number of halogens is 1. The van der Waals surface area contributed by atoms with Crippen LogP contribution in [-0.2, 0) is 19.2 Å². The van der Waals surface area contributed by atoms with E-state index in [4.69, 9.17) is 15.3 Å². The fourth-order valence-corrected chi connectivity index (χ4v) is 0.967. The van der Waals surface area contributed by atoms with Gasteiger partial charge < -0.3 is 15.8 Å². The molecule has 0 atom stereocenters. The first-order chi connectivity index (χ1) is 9.19. The highest BCUT2D eigenvalue weighted by Crippen LogP contribution is 2.09. The van der Waals surface area contributed by atoms with Crippen LogP contribution in [0.15, 0.2) is 0 Å². The van der Waals surface area contributed by atoms with Crippen LogP contribution in [0.2, 0.25) is 0 Å². The summed E-state index contributed by atoms with van der Waals surface area (Å²) >= 11 is 0. The summed E-state index contributed by atoms with van der Waals surface area (Å²) < 4.78 is 5.04. The van der Waals surface area contributed by atoms with E-state index in [-0.39, 0.29) is 32.1 Å². The number of hydrogen-bond donors (Lipinski definition) is 3. The topological polar surface area (TPSA) is 123 Å². The van der Waals surface area contributed by atoms with Gasteiger partial charge >= 0.3 is 6.09 Å². The number of ether oxygens (including phenoxy) is 1. The van der Waals surface area contributed by atoms with E-state index in [0.29, 0.717) is 5.17 Å². The van der Waals surface area contributed by atoms with Crippen LogP contribution >= 0.6 is 12.4 Å². The van der Waals surface area contributed by atoms with E-state index >= 15 is 0 Å². The van der Waals surface area contributed by atoms with Crippen molar-refractivity contribution >= 4 is 30.3 Å². The number of carbonyl (C=O) groups is 3. The van der Waals surface area contributed by atoms with Gasteiger partial charge in [0.05, 0.1) is 19.7 Å². The molecule has 0 aromatic rings. The van der Waals surface area contributed by atoms with Crippen LogP contribution in [-0.4, -0.2) is 48.4 Å². The van der Waals surface area contributed by atoms with E-state index < -0.39 is 23.5 Å².